The maximum absolute atomic E-state index is 12.1. The summed E-state index contributed by atoms with van der Waals surface area (Å²) in [6.45, 7) is 2.96. The fourth-order valence-corrected chi connectivity index (χ4v) is 3.52. The van der Waals surface area contributed by atoms with Crippen LogP contribution in [0.1, 0.15) is 26.2 Å². The number of hydrogen-bond acceptors (Lipinski definition) is 5. The zero-order chi connectivity index (χ0) is 17.1. The van der Waals surface area contributed by atoms with Crippen LogP contribution in [0.25, 0.3) is 10.2 Å². The topological polar surface area (TPSA) is 69.9 Å². The number of carbonyl (C=O) groups is 2. The predicted molar refractivity (Wildman–Crippen MR) is 90.9 cm³/mol. The first-order chi connectivity index (χ1) is 11.6. The summed E-state index contributed by atoms with van der Waals surface area (Å²) in [5, 5.41) is 0. The molecule has 24 heavy (non-hydrogen) atoms. The molecule has 0 atom stereocenters. The van der Waals surface area contributed by atoms with Crippen LogP contribution >= 0.6 is 11.3 Å². The maximum atomic E-state index is 12.1. The summed E-state index contributed by atoms with van der Waals surface area (Å²) in [5.74, 6) is 0.500. The van der Waals surface area contributed by atoms with Gasteiger partial charge in [0.1, 0.15) is 5.75 Å². The second-order valence-electron chi connectivity index (χ2n) is 5.65. The third-order valence-electron chi connectivity index (χ3n) is 3.86. The first kappa shape index (κ1) is 16.7. The number of fused-ring (bicyclic) bond motifs is 1. The molecule has 6 nitrogen and oxygen atoms in total. The highest BCUT2D eigenvalue weighted by atomic mass is 32.1. The maximum Gasteiger partial charge on any atom is 0.307 e. The van der Waals surface area contributed by atoms with Crippen LogP contribution in [0, 0.1) is 5.92 Å². The van der Waals surface area contributed by atoms with Gasteiger partial charge in [0.05, 0.1) is 30.4 Å². The Kier molecular flexibility index (Phi) is 4.99. The van der Waals surface area contributed by atoms with Crippen LogP contribution in [0.3, 0.4) is 0 Å². The van der Waals surface area contributed by atoms with Crippen LogP contribution in [0.5, 0.6) is 5.75 Å². The molecule has 128 valence electrons. The normalized spacial score (nSPS) is 14.8. The van der Waals surface area contributed by atoms with Crippen molar-refractivity contribution in [2.45, 2.75) is 32.7 Å². The first-order valence-electron chi connectivity index (χ1n) is 8.04. The van der Waals surface area contributed by atoms with Crippen molar-refractivity contribution in [3.05, 3.63) is 23.0 Å². The second-order valence-corrected chi connectivity index (χ2v) is 6.66. The number of amides is 1. The van der Waals surface area contributed by atoms with E-state index in [2.05, 4.69) is 4.99 Å². The molecule has 1 aliphatic carbocycles. The molecule has 0 spiro atoms. The molecule has 7 heteroatoms. The van der Waals surface area contributed by atoms with Gasteiger partial charge < -0.3 is 14.0 Å². The highest BCUT2D eigenvalue weighted by Crippen LogP contribution is 2.30. The molecule has 1 amide bonds. The van der Waals surface area contributed by atoms with Crippen LogP contribution in [-0.4, -0.2) is 30.2 Å². The third kappa shape index (κ3) is 3.67. The molecule has 0 unspecified atom stereocenters. The summed E-state index contributed by atoms with van der Waals surface area (Å²) < 4.78 is 13.1. The van der Waals surface area contributed by atoms with Crippen molar-refractivity contribution in [1.82, 2.24) is 4.57 Å². The van der Waals surface area contributed by atoms with Gasteiger partial charge >= 0.3 is 5.97 Å². The van der Waals surface area contributed by atoms with Crippen molar-refractivity contribution >= 4 is 33.4 Å². The quantitative estimate of drug-likeness (QED) is 0.752. The minimum absolute atomic E-state index is 0.0709. The zero-order valence-electron chi connectivity index (χ0n) is 13.8. The van der Waals surface area contributed by atoms with Crippen LogP contribution in [-0.2, 0) is 20.9 Å². The van der Waals surface area contributed by atoms with Gasteiger partial charge in [0.25, 0.3) is 5.91 Å². The SMILES string of the molecule is CCOc1ccc2c(c1)sc(=NC(=O)C1CC1)n2CCC(=O)OC. The Hall–Kier alpha value is -2.15. The van der Waals surface area contributed by atoms with Gasteiger partial charge in [-0.05, 0) is 38.0 Å². The van der Waals surface area contributed by atoms with Gasteiger partial charge in [0, 0.05) is 12.5 Å². The molecule has 1 aliphatic rings. The van der Waals surface area contributed by atoms with Gasteiger partial charge in [0.15, 0.2) is 4.80 Å². The number of benzene rings is 1. The van der Waals surface area contributed by atoms with Crippen molar-refractivity contribution < 1.29 is 19.1 Å². The standard InChI is InChI=1S/C17H20N2O4S/c1-3-23-12-6-7-13-14(10-12)24-17(18-16(21)11-4-5-11)19(13)9-8-15(20)22-2/h6-7,10-11H,3-5,8-9H2,1-2H3. The van der Waals surface area contributed by atoms with Crippen LogP contribution < -0.4 is 9.54 Å². The minimum Gasteiger partial charge on any atom is -0.494 e. The third-order valence-corrected chi connectivity index (χ3v) is 4.91. The number of hydrogen-bond donors (Lipinski definition) is 0. The van der Waals surface area contributed by atoms with E-state index in [0.717, 1.165) is 28.8 Å². The molecule has 3 rings (SSSR count). The molecule has 0 aliphatic heterocycles. The monoisotopic (exact) mass is 348 g/mol. The number of ether oxygens (including phenoxy) is 2. The Morgan fingerprint density at radius 1 is 1.38 bits per heavy atom. The van der Waals surface area contributed by atoms with E-state index in [4.69, 9.17) is 9.47 Å². The lowest BCUT2D eigenvalue weighted by Gasteiger charge is -2.06. The molecule has 1 aromatic carbocycles. The molecule has 1 aromatic heterocycles. The van der Waals surface area contributed by atoms with E-state index in [9.17, 15) is 9.59 Å². The molecule has 1 heterocycles. The number of carbonyl (C=O) groups excluding carboxylic acids is 2. The van der Waals surface area contributed by atoms with E-state index >= 15 is 0 Å². The number of methoxy groups -OCH3 is 1. The van der Waals surface area contributed by atoms with Crippen LogP contribution in [0.4, 0.5) is 0 Å². The number of aromatic nitrogens is 1. The van der Waals surface area contributed by atoms with Crippen molar-refractivity contribution in [2.24, 2.45) is 10.9 Å². The Bertz CT molecular complexity index is 833. The molecule has 2 aromatic rings. The fourth-order valence-electron chi connectivity index (χ4n) is 2.43. The van der Waals surface area contributed by atoms with Gasteiger partial charge in [-0.25, -0.2) is 0 Å². The summed E-state index contributed by atoms with van der Waals surface area (Å²) in [6, 6.07) is 5.77. The molecule has 0 radical (unpaired) electrons. The number of esters is 1. The fraction of sp³-hybridized carbons (Fsp3) is 0.471. The number of nitrogens with zero attached hydrogens (tertiary/aromatic N) is 2. The highest BCUT2D eigenvalue weighted by Gasteiger charge is 2.29. The largest absolute Gasteiger partial charge is 0.494 e. The van der Waals surface area contributed by atoms with Crippen molar-refractivity contribution in [3.63, 3.8) is 0 Å². The van der Waals surface area contributed by atoms with Gasteiger partial charge in [-0.2, -0.15) is 4.99 Å². The van der Waals surface area contributed by atoms with Crippen molar-refractivity contribution in [2.75, 3.05) is 13.7 Å². The number of thiazole rings is 1. The van der Waals surface area contributed by atoms with E-state index in [-0.39, 0.29) is 24.2 Å². The van der Waals surface area contributed by atoms with Gasteiger partial charge in [-0.1, -0.05) is 11.3 Å². The molecule has 0 saturated heterocycles. The van der Waals surface area contributed by atoms with Crippen LogP contribution in [0.2, 0.25) is 0 Å². The van der Waals surface area contributed by atoms with E-state index in [1.807, 2.05) is 29.7 Å². The Morgan fingerprint density at radius 3 is 2.83 bits per heavy atom. The highest BCUT2D eigenvalue weighted by molar-refractivity contribution is 7.16. The Balaban J connectivity index is 2.01. The van der Waals surface area contributed by atoms with E-state index in [1.165, 1.54) is 18.4 Å². The van der Waals surface area contributed by atoms with Gasteiger partial charge in [0.2, 0.25) is 0 Å². The smallest absolute Gasteiger partial charge is 0.307 e. The average Bonchev–Trinajstić information content (AvgIpc) is 3.36. The van der Waals surface area contributed by atoms with E-state index in [0.29, 0.717) is 18.0 Å². The van der Waals surface area contributed by atoms with Crippen LogP contribution in [0.15, 0.2) is 23.2 Å². The summed E-state index contributed by atoms with van der Waals surface area (Å²) in [7, 11) is 1.37. The summed E-state index contributed by atoms with van der Waals surface area (Å²) in [4.78, 5) is 28.5. The molecule has 1 fully saturated rings. The zero-order valence-corrected chi connectivity index (χ0v) is 14.6. The Morgan fingerprint density at radius 2 is 2.17 bits per heavy atom. The van der Waals surface area contributed by atoms with E-state index < -0.39 is 0 Å². The minimum atomic E-state index is -0.285. The summed E-state index contributed by atoms with van der Waals surface area (Å²) >= 11 is 1.44. The molecular weight excluding hydrogens is 328 g/mol. The summed E-state index contributed by atoms with van der Waals surface area (Å²) in [6.07, 6.45) is 2.08. The molecule has 0 bridgehead atoms. The number of aryl methyl sites for hydroxylation is 1. The lowest BCUT2D eigenvalue weighted by molar-refractivity contribution is -0.140. The van der Waals surface area contributed by atoms with Gasteiger partial charge in [-0.15, -0.1) is 0 Å². The Labute approximate surface area is 143 Å². The average molecular weight is 348 g/mol. The summed E-state index contributed by atoms with van der Waals surface area (Å²) in [5.41, 5.74) is 0.940. The molecular formula is C17H20N2O4S. The van der Waals surface area contributed by atoms with Crippen molar-refractivity contribution in [1.29, 1.82) is 0 Å². The van der Waals surface area contributed by atoms with E-state index in [1.54, 1.807) is 0 Å². The van der Waals surface area contributed by atoms with Crippen molar-refractivity contribution in [3.8, 4) is 5.75 Å². The second kappa shape index (κ2) is 7.17. The lowest BCUT2D eigenvalue weighted by Crippen LogP contribution is -2.19. The molecule has 0 N–H and O–H groups in total. The first-order valence-corrected chi connectivity index (χ1v) is 8.85. The van der Waals surface area contributed by atoms with Gasteiger partial charge in [-0.3, -0.25) is 9.59 Å². The number of rotatable bonds is 6. The predicted octanol–water partition coefficient (Wildman–Crippen LogP) is 2.50. The lowest BCUT2D eigenvalue weighted by atomic mass is 10.3. The molecule has 1 saturated carbocycles.